The lowest BCUT2D eigenvalue weighted by Gasteiger charge is -2.17. The molecule has 0 amide bonds. The Balaban J connectivity index is 0.000000671. The standard InChI is InChI=1S/C8H8Cl2O.C2H6/c1-5(11)6-3-2-4-7(9)8(6)10;1-2/h2-4,6,8H,1H3;1-2H3. The first-order valence-electron chi connectivity index (χ1n) is 4.31. The fourth-order valence-corrected chi connectivity index (χ4v) is 1.51. The van der Waals surface area contributed by atoms with Gasteiger partial charge in [0, 0.05) is 5.03 Å². The SMILES string of the molecule is CC.CC(=O)C1C=CC=C(Cl)C1Cl. The van der Waals surface area contributed by atoms with Gasteiger partial charge in [-0.25, -0.2) is 0 Å². The molecule has 0 saturated carbocycles. The molecule has 0 saturated heterocycles. The van der Waals surface area contributed by atoms with E-state index in [1.165, 1.54) is 6.92 Å². The summed E-state index contributed by atoms with van der Waals surface area (Å²) in [5, 5.41) is 0.161. The molecule has 0 fully saturated rings. The maximum absolute atomic E-state index is 10.9. The molecule has 0 heterocycles. The predicted molar refractivity (Wildman–Crippen MR) is 58.2 cm³/mol. The van der Waals surface area contributed by atoms with Gasteiger partial charge in [0.2, 0.25) is 0 Å². The van der Waals surface area contributed by atoms with Gasteiger partial charge in [-0.2, -0.15) is 0 Å². The Morgan fingerprint density at radius 2 is 2.00 bits per heavy atom. The van der Waals surface area contributed by atoms with E-state index in [1.54, 1.807) is 18.2 Å². The van der Waals surface area contributed by atoms with Crippen LogP contribution < -0.4 is 0 Å². The summed E-state index contributed by atoms with van der Waals surface area (Å²) < 4.78 is 0. The molecular formula is C10H14Cl2O. The summed E-state index contributed by atoms with van der Waals surface area (Å²) >= 11 is 11.6. The topological polar surface area (TPSA) is 17.1 Å². The normalized spacial score (nSPS) is 25.8. The summed E-state index contributed by atoms with van der Waals surface area (Å²) in [6.45, 7) is 5.51. The van der Waals surface area contributed by atoms with E-state index in [4.69, 9.17) is 23.2 Å². The quantitative estimate of drug-likeness (QED) is 0.619. The maximum Gasteiger partial charge on any atom is 0.138 e. The zero-order valence-corrected chi connectivity index (χ0v) is 9.56. The third kappa shape index (κ3) is 3.53. The Morgan fingerprint density at radius 3 is 2.38 bits per heavy atom. The van der Waals surface area contributed by atoms with Gasteiger partial charge < -0.3 is 0 Å². The van der Waals surface area contributed by atoms with E-state index in [2.05, 4.69) is 0 Å². The second kappa shape index (κ2) is 6.22. The van der Waals surface area contributed by atoms with Gasteiger partial charge in [-0.05, 0) is 13.0 Å². The van der Waals surface area contributed by atoms with Crippen molar-refractivity contribution >= 4 is 29.0 Å². The van der Waals surface area contributed by atoms with Crippen LogP contribution in [0.2, 0.25) is 0 Å². The number of halogens is 2. The molecule has 2 atom stereocenters. The molecule has 0 radical (unpaired) electrons. The van der Waals surface area contributed by atoms with Crippen molar-refractivity contribution in [3.63, 3.8) is 0 Å². The Kier molecular flexibility index (Phi) is 6.10. The summed E-state index contributed by atoms with van der Waals surface area (Å²) in [6.07, 6.45) is 5.23. The van der Waals surface area contributed by atoms with Crippen LogP contribution in [0.1, 0.15) is 20.8 Å². The lowest BCUT2D eigenvalue weighted by Crippen LogP contribution is -2.22. The Labute approximate surface area is 89.4 Å². The largest absolute Gasteiger partial charge is 0.299 e. The van der Waals surface area contributed by atoms with E-state index in [9.17, 15) is 4.79 Å². The molecule has 0 aromatic carbocycles. The lowest BCUT2D eigenvalue weighted by molar-refractivity contribution is -0.119. The van der Waals surface area contributed by atoms with E-state index in [0.717, 1.165) is 0 Å². The highest BCUT2D eigenvalue weighted by Crippen LogP contribution is 2.27. The van der Waals surface area contributed by atoms with E-state index >= 15 is 0 Å². The van der Waals surface area contributed by atoms with Crippen LogP contribution in [0.5, 0.6) is 0 Å². The summed E-state index contributed by atoms with van der Waals surface area (Å²) in [7, 11) is 0. The Hall–Kier alpha value is -0.270. The van der Waals surface area contributed by atoms with Crippen molar-refractivity contribution in [2.75, 3.05) is 0 Å². The number of allylic oxidation sites excluding steroid dienone is 4. The van der Waals surface area contributed by atoms with Gasteiger partial charge in [0.1, 0.15) is 5.78 Å². The third-order valence-corrected chi connectivity index (χ3v) is 2.60. The average Bonchev–Trinajstić information content (AvgIpc) is 2.13. The molecule has 0 N–H and O–H groups in total. The van der Waals surface area contributed by atoms with Crippen LogP contribution >= 0.6 is 23.2 Å². The molecule has 1 rings (SSSR count). The molecule has 0 bridgehead atoms. The molecule has 0 aromatic heterocycles. The van der Waals surface area contributed by atoms with E-state index in [0.29, 0.717) is 5.03 Å². The van der Waals surface area contributed by atoms with Gasteiger partial charge in [-0.15, -0.1) is 11.6 Å². The molecule has 0 aliphatic heterocycles. The van der Waals surface area contributed by atoms with Crippen LogP contribution in [-0.4, -0.2) is 11.2 Å². The number of hydrogen-bond donors (Lipinski definition) is 0. The summed E-state index contributed by atoms with van der Waals surface area (Å²) in [6, 6.07) is 0. The Bertz CT molecular complexity index is 231. The number of ketones is 1. The molecule has 0 aromatic rings. The highest BCUT2D eigenvalue weighted by molar-refractivity contribution is 6.38. The number of carbonyl (C=O) groups excluding carboxylic acids is 1. The average molecular weight is 221 g/mol. The molecule has 2 unspecified atom stereocenters. The second-order valence-corrected chi connectivity index (χ2v) is 3.38. The van der Waals surface area contributed by atoms with Crippen LogP contribution in [0.3, 0.4) is 0 Å². The van der Waals surface area contributed by atoms with Crippen molar-refractivity contribution < 1.29 is 4.79 Å². The third-order valence-electron chi connectivity index (χ3n) is 1.62. The van der Waals surface area contributed by atoms with E-state index in [1.807, 2.05) is 13.8 Å². The molecule has 1 aliphatic carbocycles. The van der Waals surface area contributed by atoms with Gasteiger partial charge in [0.15, 0.2) is 0 Å². The van der Waals surface area contributed by atoms with Crippen LogP contribution in [-0.2, 0) is 4.79 Å². The van der Waals surface area contributed by atoms with Crippen LogP contribution in [0.4, 0.5) is 0 Å². The first-order chi connectivity index (χ1) is 6.13. The molecule has 1 nitrogen and oxygen atoms in total. The lowest BCUT2D eigenvalue weighted by atomic mass is 9.96. The van der Waals surface area contributed by atoms with Gasteiger partial charge in [0.25, 0.3) is 0 Å². The van der Waals surface area contributed by atoms with Gasteiger partial charge >= 0.3 is 0 Å². The highest BCUT2D eigenvalue weighted by Gasteiger charge is 2.25. The molecule has 13 heavy (non-hydrogen) atoms. The van der Waals surface area contributed by atoms with Crippen LogP contribution in [0, 0.1) is 5.92 Å². The summed E-state index contributed by atoms with van der Waals surface area (Å²) in [5.41, 5.74) is 0. The molecule has 1 aliphatic rings. The van der Waals surface area contributed by atoms with Crippen molar-refractivity contribution in [3.8, 4) is 0 Å². The van der Waals surface area contributed by atoms with Crippen molar-refractivity contribution in [1.29, 1.82) is 0 Å². The minimum absolute atomic E-state index is 0.0486. The van der Waals surface area contributed by atoms with Crippen molar-refractivity contribution in [2.24, 2.45) is 5.92 Å². The smallest absolute Gasteiger partial charge is 0.138 e. The molecular weight excluding hydrogens is 207 g/mol. The van der Waals surface area contributed by atoms with Gasteiger partial charge in [0.05, 0.1) is 11.3 Å². The zero-order valence-electron chi connectivity index (χ0n) is 8.05. The van der Waals surface area contributed by atoms with Crippen LogP contribution in [0.15, 0.2) is 23.3 Å². The fraction of sp³-hybridized carbons (Fsp3) is 0.500. The maximum atomic E-state index is 10.9. The predicted octanol–water partition coefficient (Wildman–Crippen LogP) is 3.52. The first kappa shape index (κ1) is 12.7. The van der Waals surface area contributed by atoms with Crippen molar-refractivity contribution in [1.82, 2.24) is 0 Å². The van der Waals surface area contributed by atoms with E-state index < -0.39 is 0 Å². The number of carbonyl (C=O) groups is 1. The second-order valence-electron chi connectivity index (χ2n) is 2.47. The van der Waals surface area contributed by atoms with Gasteiger partial charge in [-0.1, -0.05) is 37.6 Å². The van der Waals surface area contributed by atoms with Gasteiger partial charge in [-0.3, -0.25) is 4.79 Å². The summed E-state index contributed by atoms with van der Waals surface area (Å²) in [5.74, 6) is -0.207. The molecule has 3 heteroatoms. The highest BCUT2D eigenvalue weighted by atomic mass is 35.5. The molecule has 74 valence electrons. The molecule has 0 spiro atoms. The minimum Gasteiger partial charge on any atom is -0.299 e. The monoisotopic (exact) mass is 220 g/mol. The number of hydrogen-bond acceptors (Lipinski definition) is 1. The van der Waals surface area contributed by atoms with Crippen molar-refractivity contribution in [3.05, 3.63) is 23.3 Å². The minimum atomic E-state index is -0.376. The van der Waals surface area contributed by atoms with Crippen molar-refractivity contribution in [2.45, 2.75) is 26.1 Å². The fourth-order valence-electron chi connectivity index (χ4n) is 0.970. The number of rotatable bonds is 1. The Morgan fingerprint density at radius 1 is 1.46 bits per heavy atom. The first-order valence-corrected chi connectivity index (χ1v) is 5.13. The van der Waals surface area contributed by atoms with E-state index in [-0.39, 0.29) is 17.1 Å². The zero-order chi connectivity index (χ0) is 10.4. The number of alkyl halides is 1. The van der Waals surface area contributed by atoms with Crippen LogP contribution in [0.25, 0.3) is 0 Å². The summed E-state index contributed by atoms with van der Waals surface area (Å²) in [4.78, 5) is 10.9. The number of Topliss-reactive ketones (excluding diaryl/α,β-unsaturated/α-hetero) is 1.